The van der Waals surface area contributed by atoms with E-state index in [4.69, 9.17) is 0 Å². The maximum absolute atomic E-state index is 11.4. The highest BCUT2D eigenvalue weighted by atomic mass is 79.9. The third kappa shape index (κ3) is 3.64. The van der Waals surface area contributed by atoms with Gasteiger partial charge < -0.3 is 10.6 Å². The second-order valence-corrected chi connectivity index (χ2v) is 4.21. The van der Waals surface area contributed by atoms with Crippen LogP contribution in [-0.4, -0.2) is 26.0 Å². The summed E-state index contributed by atoms with van der Waals surface area (Å²) in [5.74, 6) is 0.0116. The predicted molar refractivity (Wildman–Crippen MR) is 64.8 cm³/mol. The van der Waals surface area contributed by atoms with Crippen LogP contribution in [0.25, 0.3) is 0 Å². The van der Waals surface area contributed by atoms with Gasteiger partial charge in [0.1, 0.15) is 0 Å². The van der Waals surface area contributed by atoms with Gasteiger partial charge in [0.05, 0.1) is 6.04 Å². The number of likely N-dealkylation sites (N-methyl/N-ethyl adjacent to an activating group) is 2. The molecule has 0 heterocycles. The van der Waals surface area contributed by atoms with Gasteiger partial charge in [0.15, 0.2) is 0 Å². The third-order valence-corrected chi connectivity index (χ3v) is 2.73. The van der Waals surface area contributed by atoms with Crippen LogP contribution in [0.4, 0.5) is 0 Å². The van der Waals surface area contributed by atoms with Gasteiger partial charge in [-0.15, -0.1) is 0 Å². The van der Waals surface area contributed by atoms with E-state index >= 15 is 0 Å². The molecule has 0 aliphatic heterocycles. The highest BCUT2D eigenvalue weighted by molar-refractivity contribution is 9.10. The van der Waals surface area contributed by atoms with Crippen LogP contribution in [0.2, 0.25) is 0 Å². The van der Waals surface area contributed by atoms with Crippen LogP contribution in [0.15, 0.2) is 28.7 Å². The molecule has 0 aliphatic carbocycles. The quantitative estimate of drug-likeness (QED) is 0.867. The summed E-state index contributed by atoms with van der Waals surface area (Å²) < 4.78 is 1.03. The lowest BCUT2D eigenvalue weighted by atomic mass is 10.1. The van der Waals surface area contributed by atoms with Crippen LogP contribution in [0.5, 0.6) is 0 Å². The van der Waals surface area contributed by atoms with Gasteiger partial charge in [0, 0.05) is 11.5 Å². The van der Waals surface area contributed by atoms with Crippen molar-refractivity contribution < 1.29 is 4.79 Å². The van der Waals surface area contributed by atoms with E-state index in [0.717, 1.165) is 10.0 Å². The molecule has 2 N–H and O–H groups in total. The van der Waals surface area contributed by atoms with E-state index in [1.807, 2.05) is 24.3 Å². The molecule has 3 nitrogen and oxygen atoms in total. The van der Waals surface area contributed by atoms with Crippen LogP contribution >= 0.6 is 15.9 Å². The normalized spacial score (nSPS) is 12.2. The number of rotatable bonds is 4. The van der Waals surface area contributed by atoms with Gasteiger partial charge in [-0.1, -0.05) is 28.1 Å². The number of nitrogens with one attached hydrogen (secondary N) is 2. The minimum Gasteiger partial charge on any atom is -0.358 e. The first-order chi connectivity index (χ1) is 7.17. The smallest absolute Gasteiger partial charge is 0.237 e. The highest BCUT2D eigenvalue weighted by Crippen LogP contribution is 2.13. The standard InChI is InChI=1S/C11H15BrN2O/c1-13-10(11(15)14-2)7-8-4-3-5-9(12)6-8/h3-6,10,13H,7H2,1-2H3,(H,14,15)/t10-/m0/s1. The van der Waals surface area contributed by atoms with Crippen molar-refractivity contribution in [2.24, 2.45) is 0 Å². The monoisotopic (exact) mass is 270 g/mol. The molecular formula is C11H15BrN2O. The fourth-order valence-corrected chi connectivity index (χ4v) is 1.85. The molecule has 15 heavy (non-hydrogen) atoms. The average molecular weight is 271 g/mol. The van der Waals surface area contributed by atoms with Gasteiger partial charge in [-0.3, -0.25) is 4.79 Å². The molecule has 4 heteroatoms. The van der Waals surface area contributed by atoms with Crippen molar-refractivity contribution in [2.75, 3.05) is 14.1 Å². The Morgan fingerprint density at radius 1 is 1.47 bits per heavy atom. The topological polar surface area (TPSA) is 41.1 Å². The average Bonchev–Trinajstić information content (AvgIpc) is 2.25. The fraction of sp³-hybridized carbons (Fsp3) is 0.364. The molecule has 1 amide bonds. The van der Waals surface area contributed by atoms with Crippen molar-refractivity contribution in [1.29, 1.82) is 0 Å². The molecule has 0 bridgehead atoms. The first-order valence-electron chi connectivity index (χ1n) is 4.80. The second kappa shape index (κ2) is 5.88. The summed E-state index contributed by atoms with van der Waals surface area (Å²) in [6.07, 6.45) is 0.690. The van der Waals surface area contributed by atoms with E-state index in [9.17, 15) is 4.79 Å². The number of hydrogen-bond donors (Lipinski definition) is 2. The lowest BCUT2D eigenvalue weighted by Gasteiger charge is -2.14. The van der Waals surface area contributed by atoms with Crippen molar-refractivity contribution in [3.8, 4) is 0 Å². The van der Waals surface area contributed by atoms with Crippen LogP contribution in [-0.2, 0) is 11.2 Å². The Kier molecular flexibility index (Phi) is 4.78. The number of carbonyl (C=O) groups is 1. The van der Waals surface area contributed by atoms with Gasteiger partial charge in [0.2, 0.25) is 5.91 Å². The van der Waals surface area contributed by atoms with Gasteiger partial charge in [0.25, 0.3) is 0 Å². The molecule has 1 aromatic rings. The van der Waals surface area contributed by atoms with Gasteiger partial charge in [-0.05, 0) is 31.2 Å². The molecule has 0 fully saturated rings. The Labute approximate surface area is 98.4 Å². The van der Waals surface area contributed by atoms with Gasteiger partial charge in [-0.2, -0.15) is 0 Å². The van der Waals surface area contributed by atoms with Crippen molar-refractivity contribution >= 4 is 21.8 Å². The molecule has 1 atom stereocenters. The number of hydrogen-bond acceptors (Lipinski definition) is 2. The van der Waals surface area contributed by atoms with E-state index < -0.39 is 0 Å². The molecular weight excluding hydrogens is 256 g/mol. The molecule has 0 aromatic heterocycles. The number of halogens is 1. The van der Waals surface area contributed by atoms with E-state index in [1.54, 1.807) is 14.1 Å². The maximum atomic E-state index is 11.4. The van der Waals surface area contributed by atoms with E-state index in [1.165, 1.54) is 0 Å². The van der Waals surface area contributed by atoms with E-state index in [2.05, 4.69) is 26.6 Å². The second-order valence-electron chi connectivity index (χ2n) is 3.29. The molecule has 1 rings (SSSR count). The Balaban J connectivity index is 2.70. The first-order valence-corrected chi connectivity index (χ1v) is 5.60. The molecule has 82 valence electrons. The molecule has 0 radical (unpaired) electrons. The summed E-state index contributed by atoms with van der Waals surface area (Å²) in [6, 6.07) is 7.79. The first kappa shape index (κ1) is 12.2. The summed E-state index contributed by atoms with van der Waals surface area (Å²) >= 11 is 3.41. The van der Waals surface area contributed by atoms with Crippen molar-refractivity contribution in [2.45, 2.75) is 12.5 Å². The van der Waals surface area contributed by atoms with Gasteiger partial charge in [-0.25, -0.2) is 0 Å². The lowest BCUT2D eigenvalue weighted by Crippen LogP contribution is -2.42. The van der Waals surface area contributed by atoms with Crippen molar-refractivity contribution in [1.82, 2.24) is 10.6 Å². The molecule has 0 aliphatic rings. The highest BCUT2D eigenvalue weighted by Gasteiger charge is 2.14. The summed E-state index contributed by atoms with van der Waals surface area (Å²) in [4.78, 5) is 11.4. The zero-order chi connectivity index (χ0) is 11.3. The molecule has 0 saturated carbocycles. The molecule has 1 aromatic carbocycles. The molecule has 0 saturated heterocycles. The summed E-state index contributed by atoms with van der Waals surface area (Å²) in [7, 11) is 3.44. The SMILES string of the molecule is CNC(=O)[C@H](Cc1cccc(Br)c1)NC. The van der Waals surface area contributed by atoms with E-state index in [0.29, 0.717) is 6.42 Å². The maximum Gasteiger partial charge on any atom is 0.237 e. The summed E-state index contributed by atoms with van der Waals surface area (Å²) in [6.45, 7) is 0. The fourth-order valence-electron chi connectivity index (χ4n) is 1.40. The summed E-state index contributed by atoms with van der Waals surface area (Å²) in [5, 5.41) is 5.63. The van der Waals surface area contributed by atoms with Crippen LogP contribution < -0.4 is 10.6 Å². The van der Waals surface area contributed by atoms with Crippen molar-refractivity contribution in [3.63, 3.8) is 0 Å². The minimum absolute atomic E-state index is 0.0116. The predicted octanol–water partition coefficient (Wildman–Crippen LogP) is 1.33. The summed E-state index contributed by atoms with van der Waals surface area (Å²) in [5.41, 5.74) is 1.13. The Morgan fingerprint density at radius 3 is 2.73 bits per heavy atom. The van der Waals surface area contributed by atoms with Crippen LogP contribution in [0.1, 0.15) is 5.56 Å². The lowest BCUT2D eigenvalue weighted by molar-refractivity contribution is -0.122. The van der Waals surface area contributed by atoms with Gasteiger partial charge >= 0.3 is 0 Å². The van der Waals surface area contributed by atoms with Crippen LogP contribution in [0.3, 0.4) is 0 Å². The zero-order valence-electron chi connectivity index (χ0n) is 8.88. The largest absolute Gasteiger partial charge is 0.358 e. The van der Waals surface area contributed by atoms with Crippen LogP contribution in [0, 0.1) is 0 Å². The van der Waals surface area contributed by atoms with E-state index in [-0.39, 0.29) is 11.9 Å². The molecule has 0 spiro atoms. The third-order valence-electron chi connectivity index (χ3n) is 2.24. The Morgan fingerprint density at radius 2 is 2.20 bits per heavy atom. The Hall–Kier alpha value is -0.870. The number of benzene rings is 1. The number of carbonyl (C=O) groups excluding carboxylic acids is 1. The zero-order valence-corrected chi connectivity index (χ0v) is 10.5. The Bertz CT molecular complexity index is 341. The molecule has 0 unspecified atom stereocenters. The number of amides is 1. The van der Waals surface area contributed by atoms with Crippen molar-refractivity contribution in [3.05, 3.63) is 34.3 Å². The minimum atomic E-state index is -0.177.